The van der Waals surface area contributed by atoms with Crippen molar-refractivity contribution >= 4 is 11.9 Å². The molecule has 0 aromatic carbocycles. The summed E-state index contributed by atoms with van der Waals surface area (Å²) in [5, 5.41) is 12.6. The summed E-state index contributed by atoms with van der Waals surface area (Å²) in [5.74, 6) is -0.962. The molecule has 6 nitrogen and oxygen atoms in total. The molecule has 3 atom stereocenters. The molecule has 2 aliphatic rings. The molecule has 2 fully saturated rings. The highest BCUT2D eigenvalue weighted by atomic mass is 16.5. The van der Waals surface area contributed by atoms with Crippen molar-refractivity contribution in [2.75, 3.05) is 33.4 Å². The van der Waals surface area contributed by atoms with Gasteiger partial charge in [-0.1, -0.05) is 13.8 Å². The van der Waals surface area contributed by atoms with Crippen LogP contribution in [0.3, 0.4) is 0 Å². The van der Waals surface area contributed by atoms with Gasteiger partial charge in [0.15, 0.2) is 0 Å². The lowest BCUT2D eigenvalue weighted by molar-refractivity contribution is -0.151. The van der Waals surface area contributed by atoms with E-state index in [1.807, 2.05) is 20.9 Å². The molecule has 2 heterocycles. The summed E-state index contributed by atoms with van der Waals surface area (Å²) in [6.45, 7) is 5.62. The van der Waals surface area contributed by atoms with E-state index >= 15 is 0 Å². The number of aliphatic carboxylic acids is 1. The van der Waals surface area contributed by atoms with E-state index in [9.17, 15) is 14.7 Å². The number of nitrogens with zero attached hydrogens (tertiary/aromatic N) is 1. The average molecular weight is 284 g/mol. The molecule has 2 saturated heterocycles. The maximum Gasteiger partial charge on any atom is 0.311 e. The number of hydrogen-bond donors (Lipinski definition) is 2. The fourth-order valence-electron chi connectivity index (χ4n) is 3.23. The van der Waals surface area contributed by atoms with Gasteiger partial charge in [0.25, 0.3) is 0 Å². The van der Waals surface area contributed by atoms with Crippen molar-refractivity contribution in [1.82, 2.24) is 10.2 Å². The zero-order valence-corrected chi connectivity index (χ0v) is 12.4. The predicted octanol–water partition coefficient (Wildman–Crippen LogP) is 0.180. The first kappa shape index (κ1) is 15.3. The Labute approximate surface area is 119 Å². The van der Waals surface area contributed by atoms with Crippen molar-refractivity contribution in [3.8, 4) is 0 Å². The van der Waals surface area contributed by atoms with Gasteiger partial charge >= 0.3 is 5.97 Å². The number of hydrogen-bond acceptors (Lipinski definition) is 4. The van der Waals surface area contributed by atoms with Gasteiger partial charge in [-0.15, -0.1) is 0 Å². The summed E-state index contributed by atoms with van der Waals surface area (Å²) in [4.78, 5) is 25.9. The summed E-state index contributed by atoms with van der Waals surface area (Å²) in [5.41, 5.74) is -0.801. The molecule has 114 valence electrons. The molecule has 6 heteroatoms. The largest absolute Gasteiger partial charge is 0.481 e. The maximum atomic E-state index is 12.6. The first-order chi connectivity index (χ1) is 9.42. The van der Waals surface area contributed by atoms with Crippen molar-refractivity contribution in [3.05, 3.63) is 0 Å². The Morgan fingerprint density at radius 3 is 2.60 bits per heavy atom. The quantitative estimate of drug-likeness (QED) is 0.770. The van der Waals surface area contributed by atoms with E-state index in [1.54, 1.807) is 4.90 Å². The highest BCUT2D eigenvalue weighted by Crippen LogP contribution is 2.39. The average Bonchev–Trinajstić information content (AvgIpc) is 3.05. The molecule has 0 aliphatic carbocycles. The Morgan fingerprint density at radius 2 is 2.10 bits per heavy atom. The minimum Gasteiger partial charge on any atom is -0.481 e. The highest BCUT2D eigenvalue weighted by molar-refractivity contribution is 5.83. The third-order valence-electron chi connectivity index (χ3n) is 4.91. The second-order valence-corrected chi connectivity index (χ2v) is 6.16. The third-order valence-corrected chi connectivity index (χ3v) is 4.91. The van der Waals surface area contributed by atoms with Crippen LogP contribution in [-0.4, -0.2) is 61.3 Å². The molecule has 0 saturated carbocycles. The van der Waals surface area contributed by atoms with Gasteiger partial charge in [0.2, 0.25) is 5.91 Å². The normalized spacial score (nSPS) is 33.9. The van der Waals surface area contributed by atoms with E-state index in [0.717, 1.165) is 0 Å². The van der Waals surface area contributed by atoms with Gasteiger partial charge in [0.05, 0.1) is 24.5 Å². The lowest BCUT2D eigenvalue weighted by atomic mass is 9.76. The zero-order valence-electron chi connectivity index (χ0n) is 12.4. The van der Waals surface area contributed by atoms with Crippen LogP contribution in [0.15, 0.2) is 0 Å². The summed E-state index contributed by atoms with van der Waals surface area (Å²) in [6.07, 6.45) is 0.531. The van der Waals surface area contributed by atoms with Crippen LogP contribution in [-0.2, 0) is 14.3 Å². The van der Waals surface area contributed by atoms with E-state index in [0.29, 0.717) is 32.7 Å². The lowest BCUT2D eigenvalue weighted by Crippen LogP contribution is -2.46. The van der Waals surface area contributed by atoms with Crippen molar-refractivity contribution in [2.24, 2.45) is 17.3 Å². The number of carbonyl (C=O) groups is 2. The first-order valence-corrected chi connectivity index (χ1v) is 7.19. The van der Waals surface area contributed by atoms with E-state index in [1.165, 1.54) is 0 Å². The minimum atomic E-state index is -0.801. The summed E-state index contributed by atoms with van der Waals surface area (Å²) >= 11 is 0. The lowest BCUT2D eigenvalue weighted by Gasteiger charge is -2.29. The number of carboxylic acid groups (broad SMARTS) is 1. The van der Waals surface area contributed by atoms with Crippen molar-refractivity contribution in [2.45, 2.75) is 26.3 Å². The summed E-state index contributed by atoms with van der Waals surface area (Å²) < 4.78 is 5.36. The molecule has 3 unspecified atom stereocenters. The minimum absolute atomic E-state index is 0.0118. The number of amides is 1. The van der Waals surface area contributed by atoms with Gasteiger partial charge in [-0.3, -0.25) is 9.59 Å². The van der Waals surface area contributed by atoms with E-state index < -0.39 is 11.4 Å². The van der Waals surface area contributed by atoms with E-state index in [4.69, 9.17) is 4.74 Å². The van der Waals surface area contributed by atoms with Crippen molar-refractivity contribution < 1.29 is 19.4 Å². The number of rotatable bonds is 4. The molecule has 0 spiro atoms. The van der Waals surface area contributed by atoms with Crippen molar-refractivity contribution in [3.63, 3.8) is 0 Å². The Bertz CT molecular complexity index is 399. The number of carbonyl (C=O) groups excluding carboxylic acids is 1. The molecule has 2 rings (SSSR count). The van der Waals surface area contributed by atoms with Crippen LogP contribution in [0, 0.1) is 17.3 Å². The van der Waals surface area contributed by atoms with Gasteiger partial charge in [0.1, 0.15) is 0 Å². The number of ether oxygens (including phenoxy) is 1. The standard InChI is InChI=1S/C14H24N2O4/c1-9(2)14(13(18)19)4-5-16(8-14)12(17)10-6-20-7-11(10)15-3/h9-11,15H,4-8H2,1-3H3,(H,18,19). The van der Waals surface area contributed by atoms with Gasteiger partial charge in [-0.05, 0) is 19.4 Å². The molecule has 2 aliphatic heterocycles. The van der Waals surface area contributed by atoms with Crippen LogP contribution in [0.1, 0.15) is 20.3 Å². The number of nitrogens with one attached hydrogen (secondary N) is 1. The molecular weight excluding hydrogens is 260 g/mol. The maximum absolute atomic E-state index is 12.6. The number of likely N-dealkylation sites (N-methyl/N-ethyl adjacent to an activating group) is 1. The number of carboxylic acids is 1. The van der Waals surface area contributed by atoms with Gasteiger partial charge in [-0.25, -0.2) is 0 Å². The van der Waals surface area contributed by atoms with Crippen LogP contribution < -0.4 is 5.32 Å². The number of likely N-dealkylation sites (tertiary alicyclic amines) is 1. The molecule has 20 heavy (non-hydrogen) atoms. The Kier molecular flexibility index (Phi) is 4.34. The second-order valence-electron chi connectivity index (χ2n) is 6.16. The Balaban J connectivity index is 2.08. The fourth-order valence-corrected chi connectivity index (χ4v) is 3.23. The van der Waals surface area contributed by atoms with Crippen molar-refractivity contribution in [1.29, 1.82) is 0 Å². The summed E-state index contributed by atoms with van der Waals surface area (Å²) in [6, 6.07) is 0.0291. The summed E-state index contributed by atoms with van der Waals surface area (Å²) in [7, 11) is 1.82. The second kappa shape index (κ2) is 5.69. The molecule has 0 radical (unpaired) electrons. The molecule has 1 amide bonds. The Hall–Kier alpha value is -1.14. The van der Waals surface area contributed by atoms with Crippen LogP contribution >= 0.6 is 0 Å². The highest BCUT2D eigenvalue weighted by Gasteiger charge is 2.50. The third kappa shape index (κ3) is 2.42. The van der Waals surface area contributed by atoms with Crippen LogP contribution in [0.5, 0.6) is 0 Å². The van der Waals surface area contributed by atoms with E-state index in [2.05, 4.69) is 5.32 Å². The smallest absolute Gasteiger partial charge is 0.311 e. The van der Waals surface area contributed by atoms with Gasteiger partial charge in [-0.2, -0.15) is 0 Å². The molecular formula is C14H24N2O4. The monoisotopic (exact) mass is 284 g/mol. The van der Waals surface area contributed by atoms with Crippen LogP contribution in [0.4, 0.5) is 0 Å². The molecule has 0 bridgehead atoms. The van der Waals surface area contributed by atoms with Crippen LogP contribution in [0.25, 0.3) is 0 Å². The topological polar surface area (TPSA) is 78.9 Å². The van der Waals surface area contributed by atoms with Gasteiger partial charge < -0.3 is 20.1 Å². The Morgan fingerprint density at radius 1 is 1.40 bits per heavy atom. The predicted molar refractivity (Wildman–Crippen MR) is 73.3 cm³/mol. The van der Waals surface area contributed by atoms with Gasteiger partial charge in [0, 0.05) is 19.1 Å². The molecule has 0 aromatic heterocycles. The van der Waals surface area contributed by atoms with E-state index in [-0.39, 0.29) is 23.8 Å². The zero-order chi connectivity index (χ0) is 14.9. The van der Waals surface area contributed by atoms with Crippen LogP contribution in [0.2, 0.25) is 0 Å². The fraction of sp³-hybridized carbons (Fsp3) is 0.857. The SMILES string of the molecule is CNC1COCC1C(=O)N1CCC(C(=O)O)(C(C)C)C1. The molecule has 2 N–H and O–H groups in total. The molecule has 0 aromatic rings. The first-order valence-electron chi connectivity index (χ1n) is 7.19.